The number of carbonyl (C=O) groups excluding carboxylic acids is 1. The lowest BCUT2D eigenvalue weighted by molar-refractivity contribution is -0.138. The molecule has 0 fully saturated rings. The zero-order valence-electron chi connectivity index (χ0n) is 25.2. The van der Waals surface area contributed by atoms with Gasteiger partial charge < -0.3 is 14.2 Å². The van der Waals surface area contributed by atoms with Crippen LogP contribution in [0.1, 0.15) is 35.2 Å². The fraction of sp³-hybridized carbons (Fsp3) is 0.139. The van der Waals surface area contributed by atoms with Gasteiger partial charge >= 0.3 is 5.97 Å². The van der Waals surface area contributed by atoms with Crippen LogP contribution in [0.5, 0.6) is 11.5 Å². The monoisotopic (exact) mass is 688 g/mol. The van der Waals surface area contributed by atoms with Crippen LogP contribution in [0.15, 0.2) is 106 Å². The van der Waals surface area contributed by atoms with Gasteiger partial charge in [0.05, 0.1) is 40.6 Å². The minimum absolute atomic E-state index is 0.117. The minimum atomic E-state index is -0.929. The molecule has 0 saturated heterocycles. The topological polar surface area (TPSA) is 79.1 Å². The van der Waals surface area contributed by atoms with Crippen LogP contribution in [-0.4, -0.2) is 24.3 Å². The van der Waals surface area contributed by atoms with Gasteiger partial charge in [0, 0.05) is 16.1 Å². The first kappa shape index (κ1) is 32.2. The third kappa shape index (κ3) is 6.60. The lowest BCUT2D eigenvalue weighted by Crippen LogP contribution is -2.40. The zero-order valence-corrected chi connectivity index (χ0v) is 27.5. The van der Waals surface area contributed by atoms with E-state index in [4.69, 9.17) is 42.4 Å². The number of hydrogen-bond acceptors (Lipinski definition) is 7. The van der Waals surface area contributed by atoms with E-state index < -0.39 is 23.4 Å². The van der Waals surface area contributed by atoms with Crippen molar-refractivity contribution in [2.75, 3.05) is 13.7 Å². The predicted octanol–water partition coefficient (Wildman–Crippen LogP) is 6.97. The molecule has 0 amide bonds. The summed E-state index contributed by atoms with van der Waals surface area (Å²) in [7, 11) is 1.50. The van der Waals surface area contributed by atoms with E-state index in [1.54, 1.807) is 43.3 Å². The molecule has 6 rings (SSSR count). The second-order valence-corrected chi connectivity index (χ2v) is 12.2. The average molecular weight is 690 g/mol. The van der Waals surface area contributed by atoms with E-state index in [1.165, 1.54) is 23.8 Å². The molecule has 11 heteroatoms. The van der Waals surface area contributed by atoms with Crippen molar-refractivity contribution in [1.82, 2.24) is 4.57 Å². The van der Waals surface area contributed by atoms with E-state index >= 15 is 0 Å². The molecule has 1 aliphatic rings. The van der Waals surface area contributed by atoms with Crippen molar-refractivity contribution in [1.29, 1.82) is 0 Å². The molecule has 0 unspecified atom stereocenters. The molecule has 0 saturated carbocycles. The molecule has 5 aromatic rings. The van der Waals surface area contributed by atoms with Crippen molar-refractivity contribution < 1.29 is 23.4 Å². The van der Waals surface area contributed by atoms with Crippen molar-refractivity contribution in [3.8, 4) is 11.5 Å². The summed E-state index contributed by atoms with van der Waals surface area (Å²) in [5.41, 5.74) is 2.70. The maximum Gasteiger partial charge on any atom is 0.338 e. The van der Waals surface area contributed by atoms with Gasteiger partial charge in [0.1, 0.15) is 12.4 Å². The smallest absolute Gasteiger partial charge is 0.338 e. The Morgan fingerprint density at radius 2 is 1.72 bits per heavy atom. The third-order valence-electron chi connectivity index (χ3n) is 7.44. The van der Waals surface area contributed by atoms with Gasteiger partial charge in [-0.05, 0) is 54.5 Å². The van der Waals surface area contributed by atoms with Gasteiger partial charge in [-0.1, -0.05) is 95.2 Å². The average Bonchev–Trinajstić information content (AvgIpc) is 3.38. The normalized spacial score (nSPS) is 14.4. The molecule has 0 radical (unpaired) electrons. The van der Waals surface area contributed by atoms with Crippen LogP contribution in [0.4, 0.5) is 4.39 Å². The van der Waals surface area contributed by atoms with Gasteiger partial charge in [-0.3, -0.25) is 9.36 Å². The van der Waals surface area contributed by atoms with Crippen LogP contribution >= 0.6 is 34.5 Å². The number of esters is 1. The Morgan fingerprint density at radius 1 is 1.00 bits per heavy atom. The number of aromatic nitrogens is 1. The summed E-state index contributed by atoms with van der Waals surface area (Å²) in [5.74, 6) is -0.377. The third-order valence-corrected chi connectivity index (χ3v) is 9.07. The minimum Gasteiger partial charge on any atom is -0.493 e. The molecule has 0 spiro atoms. The predicted molar refractivity (Wildman–Crippen MR) is 181 cm³/mol. The lowest BCUT2D eigenvalue weighted by Gasteiger charge is -2.25. The van der Waals surface area contributed by atoms with Crippen molar-refractivity contribution >= 4 is 52.3 Å². The van der Waals surface area contributed by atoms with E-state index in [-0.39, 0.29) is 23.8 Å². The van der Waals surface area contributed by atoms with Crippen molar-refractivity contribution in [3.63, 3.8) is 0 Å². The number of methoxy groups -OCH3 is 1. The maximum absolute atomic E-state index is 14.2. The number of halogens is 3. The fourth-order valence-electron chi connectivity index (χ4n) is 5.28. The Morgan fingerprint density at radius 3 is 2.43 bits per heavy atom. The van der Waals surface area contributed by atoms with Crippen LogP contribution in [-0.2, 0) is 16.1 Å². The zero-order chi connectivity index (χ0) is 33.1. The summed E-state index contributed by atoms with van der Waals surface area (Å²) < 4.78 is 32.9. The molecule has 4 aromatic carbocycles. The van der Waals surface area contributed by atoms with Crippen molar-refractivity contribution in [2.24, 2.45) is 4.99 Å². The first-order valence-electron chi connectivity index (χ1n) is 14.6. The van der Waals surface area contributed by atoms with Crippen LogP contribution < -0.4 is 24.4 Å². The number of hydrogen-bond donors (Lipinski definition) is 0. The molecule has 1 aromatic heterocycles. The molecule has 1 atom stereocenters. The molecule has 2 heterocycles. The maximum atomic E-state index is 14.2. The van der Waals surface area contributed by atoms with Gasteiger partial charge in [-0.2, -0.15) is 0 Å². The highest BCUT2D eigenvalue weighted by Gasteiger charge is 2.35. The number of nitrogens with zero attached hydrogens (tertiary/aromatic N) is 2. The number of thiazole rings is 1. The first-order chi connectivity index (χ1) is 22.8. The van der Waals surface area contributed by atoms with Crippen LogP contribution in [0.2, 0.25) is 10.0 Å². The summed E-state index contributed by atoms with van der Waals surface area (Å²) in [6.07, 6.45) is 1.67. The Hall–Kier alpha value is -4.70. The summed E-state index contributed by atoms with van der Waals surface area (Å²) in [4.78, 5) is 32.9. The Bertz CT molecular complexity index is 2180. The van der Waals surface area contributed by atoms with Crippen LogP contribution in [0.3, 0.4) is 0 Å². The molecule has 0 N–H and O–H groups in total. The Kier molecular flexibility index (Phi) is 9.58. The molecule has 47 heavy (non-hydrogen) atoms. The standard InChI is InChI=1S/C36H27Cl2FN2O5S/c1-3-45-35(43)30-31(22-9-5-4-6-10-22)40-36-41(32(30)23-13-15-25(39)16-14-23)34(42)29(47-36)19-21-17-27(38)33(28(18-21)44-2)46-20-24-11-7-8-12-26(24)37/h4-19,32H,3,20H2,1-2H3/b29-19-/t32-/m1/s1. The SMILES string of the molecule is CCOC(=O)C1=C(c2ccccc2)N=c2s/c(=C\c3cc(Cl)c(OCc4ccccc4Cl)c(OC)c3)c(=O)n2[C@@H]1c1ccc(F)cc1. The van der Waals surface area contributed by atoms with Crippen LogP contribution in [0, 0.1) is 5.82 Å². The number of rotatable bonds is 9. The van der Waals surface area contributed by atoms with E-state index in [0.717, 1.165) is 16.9 Å². The highest BCUT2D eigenvalue weighted by molar-refractivity contribution is 7.07. The number of fused-ring (bicyclic) bond motifs is 1. The van der Waals surface area contributed by atoms with Gasteiger partial charge in [-0.25, -0.2) is 14.2 Å². The van der Waals surface area contributed by atoms with E-state index in [1.807, 2.05) is 48.5 Å². The number of carbonyl (C=O) groups is 1. The van der Waals surface area contributed by atoms with Gasteiger partial charge in [0.15, 0.2) is 16.3 Å². The van der Waals surface area contributed by atoms with E-state index in [0.29, 0.717) is 48.2 Å². The summed E-state index contributed by atoms with van der Waals surface area (Å²) >= 11 is 14.1. The first-order valence-corrected chi connectivity index (χ1v) is 16.1. The summed E-state index contributed by atoms with van der Waals surface area (Å²) in [6, 6.07) is 24.7. The molecular weight excluding hydrogens is 662 g/mol. The number of ether oxygens (including phenoxy) is 3. The highest BCUT2D eigenvalue weighted by Crippen LogP contribution is 2.38. The Balaban J connectivity index is 1.49. The van der Waals surface area contributed by atoms with Gasteiger partial charge in [0.2, 0.25) is 0 Å². The molecule has 7 nitrogen and oxygen atoms in total. The second-order valence-electron chi connectivity index (χ2n) is 10.4. The highest BCUT2D eigenvalue weighted by atomic mass is 35.5. The quantitative estimate of drug-likeness (QED) is 0.156. The molecule has 238 valence electrons. The summed E-state index contributed by atoms with van der Waals surface area (Å²) in [6.45, 7) is 1.99. The molecule has 0 bridgehead atoms. The molecule has 0 aliphatic carbocycles. The molecule has 1 aliphatic heterocycles. The van der Waals surface area contributed by atoms with Crippen LogP contribution in [0.25, 0.3) is 11.8 Å². The second kappa shape index (κ2) is 14.0. The van der Waals surface area contributed by atoms with Gasteiger partial charge in [0.25, 0.3) is 5.56 Å². The number of benzene rings is 4. The summed E-state index contributed by atoms with van der Waals surface area (Å²) in [5, 5.41) is 0.839. The largest absolute Gasteiger partial charge is 0.493 e. The van der Waals surface area contributed by atoms with E-state index in [9.17, 15) is 14.0 Å². The van der Waals surface area contributed by atoms with E-state index in [2.05, 4.69) is 0 Å². The van der Waals surface area contributed by atoms with Crippen molar-refractivity contribution in [2.45, 2.75) is 19.6 Å². The lowest BCUT2D eigenvalue weighted by atomic mass is 9.93. The fourth-order valence-corrected chi connectivity index (χ4v) is 6.75. The Labute approximate surface area is 283 Å². The van der Waals surface area contributed by atoms with Crippen molar-refractivity contribution in [3.05, 3.63) is 154 Å². The molecular formula is C36H27Cl2FN2O5S. The van der Waals surface area contributed by atoms with Gasteiger partial charge in [-0.15, -0.1) is 0 Å².